The van der Waals surface area contributed by atoms with E-state index >= 15 is 0 Å². The molecule has 0 spiro atoms. The highest BCUT2D eigenvalue weighted by Gasteiger charge is 2.60. The number of methoxy groups -OCH3 is 12. The van der Waals surface area contributed by atoms with Gasteiger partial charge in [-0.1, -0.05) is 35.4 Å². The zero-order chi connectivity index (χ0) is 54.0. The summed E-state index contributed by atoms with van der Waals surface area (Å²) in [7, 11) is 18.3. The fourth-order valence-corrected chi connectivity index (χ4v) is 11.4. The zero-order valence-corrected chi connectivity index (χ0v) is 45.1. The van der Waals surface area contributed by atoms with E-state index in [1.165, 1.54) is 64.0 Å². The first kappa shape index (κ1) is 59.7. The summed E-state index contributed by atoms with van der Waals surface area (Å²) < 4.78 is 150. The van der Waals surface area contributed by atoms with Gasteiger partial charge >= 0.3 is 0 Å². The van der Waals surface area contributed by atoms with Crippen LogP contribution in [0, 0.1) is 0 Å². The van der Waals surface area contributed by atoms with Gasteiger partial charge in [-0.3, -0.25) is 0 Å². The Kier molecular flexibility index (Phi) is 22.2. The summed E-state index contributed by atoms with van der Waals surface area (Å²) in [4.78, 5) is 2.99. The Labute approximate surface area is 442 Å². The minimum absolute atomic E-state index is 0.00555. The summed E-state index contributed by atoms with van der Waals surface area (Å²) in [6, 6.07) is 8.80. The topological polar surface area (TPSA) is 270 Å². The van der Waals surface area contributed by atoms with E-state index in [0.717, 1.165) is 5.56 Å². The lowest BCUT2D eigenvalue weighted by Crippen LogP contribution is -2.69. The van der Waals surface area contributed by atoms with Crippen LogP contribution >= 0.6 is 0 Å². The van der Waals surface area contributed by atoms with Gasteiger partial charge in [0.2, 0.25) is 0 Å². The predicted molar refractivity (Wildman–Crippen MR) is 254 cm³/mol. The molecule has 7 saturated heterocycles. The van der Waals surface area contributed by atoms with Crippen molar-refractivity contribution in [2.75, 3.05) is 118 Å². The third-order valence-corrected chi connectivity index (χ3v) is 15.0. The quantitative estimate of drug-likeness (QED) is 0.0752. The average Bonchev–Trinajstić information content (AvgIpc) is 3.89. The molecule has 27 nitrogen and oxygen atoms in total. The molecule has 432 valence electrons. The number of ether oxygens (including phenoxy) is 24. The molecule has 0 amide bonds. The Morgan fingerprint density at radius 3 is 1.26 bits per heavy atom. The molecule has 2 bridgehead atoms. The molecule has 7 aliphatic heterocycles. The maximum Gasteiger partial charge on any atom is 0.187 e. The Hall–Kier alpha value is -2.43. The van der Waals surface area contributed by atoms with Crippen LogP contribution in [0.2, 0.25) is 0 Å². The van der Waals surface area contributed by atoms with Gasteiger partial charge in [0.05, 0.1) is 39.1 Å². The van der Waals surface area contributed by atoms with Crippen molar-refractivity contribution < 1.29 is 114 Å². The minimum Gasteiger partial charge on any atom is -0.382 e. The highest BCUT2D eigenvalue weighted by Crippen LogP contribution is 2.42. The second-order valence-corrected chi connectivity index (χ2v) is 19.0. The summed E-state index contributed by atoms with van der Waals surface area (Å²) >= 11 is 0. The van der Waals surface area contributed by atoms with Crippen LogP contribution in [0.3, 0.4) is 0 Å². The van der Waals surface area contributed by atoms with Gasteiger partial charge in [0, 0.05) is 95.8 Å². The van der Waals surface area contributed by atoms with E-state index in [1.807, 2.05) is 30.3 Å². The molecule has 1 aromatic carbocycles. The summed E-state index contributed by atoms with van der Waals surface area (Å²) in [6.07, 6.45) is -21.1. The predicted octanol–water partition coefficient (Wildman–Crippen LogP) is 1.05. The van der Waals surface area contributed by atoms with E-state index in [1.54, 1.807) is 21.3 Å². The van der Waals surface area contributed by atoms with E-state index in [-0.39, 0.29) is 33.0 Å². The van der Waals surface area contributed by atoms with Crippen LogP contribution in [-0.2, 0) is 114 Å². The Bertz CT molecular complexity index is 1940. The highest BCUT2D eigenvalue weighted by atomic mass is 16.8. The van der Waals surface area contributed by atoms with Gasteiger partial charge < -0.3 is 114 Å². The number of benzene rings is 1. The number of hydrogen-bond donors (Lipinski definition) is 0. The Morgan fingerprint density at radius 1 is 0.434 bits per heavy atom. The van der Waals surface area contributed by atoms with Crippen molar-refractivity contribution in [2.24, 2.45) is 5.11 Å². The summed E-state index contributed by atoms with van der Waals surface area (Å²) in [5.74, 6) is 0. The fraction of sp³-hybridized carbons (Fsp3) is 0.878. The van der Waals surface area contributed by atoms with E-state index in [0.29, 0.717) is 0 Å². The normalized spacial score (nSPS) is 44.5. The first-order chi connectivity index (χ1) is 37.1. The second kappa shape index (κ2) is 28.3. The van der Waals surface area contributed by atoms with Gasteiger partial charge in [-0.2, -0.15) is 0 Å². The van der Waals surface area contributed by atoms with Crippen molar-refractivity contribution in [1.82, 2.24) is 0 Å². The smallest absolute Gasteiger partial charge is 0.187 e. The summed E-state index contributed by atoms with van der Waals surface area (Å²) in [6.45, 7) is 0.429. The van der Waals surface area contributed by atoms with Crippen molar-refractivity contribution in [1.29, 1.82) is 0 Å². The van der Waals surface area contributed by atoms with Crippen LogP contribution in [0.5, 0.6) is 0 Å². The molecule has 7 heterocycles. The average molecular weight is 1090 g/mol. The van der Waals surface area contributed by atoms with Gasteiger partial charge in [0.1, 0.15) is 116 Å². The monoisotopic (exact) mass is 1090 g/mol. The lowest BCUT2D eigenvalue weighted by molar-refractivity contribution is -0.403. The molecular weight excluding hydrogens is 1010 g/mol. The minimum atomic E-state index is -1.16. The lowest BCUT2D eigenvalue weighted by Gasteiger charge is -2.52. The van der Waals surface area contributed by atoms with E-state index < -0.39 is 160 Å². The first-order valence-corrected chi connectivity index (χ1v) is 25.2. The van der Waals surface area contributed by atoms with Gasteiger partial charge in [-0.25, -0.2) is 0 Å². The maximum atomic E-state index is 9.36. The molecular formula is C49H77N3O24. The summed E-state index contributed by atoms with van der Waals surface area (Å²) in [5, 5.41) is 3.90. The highest BCUT2D eigenvalue weighted by molar-refractivity contribution is 5.17. The molecule has 0 saturated carbocycles. The van der Waals surface area contributed by atoms with Gasteiger partial charge in [0.25, 0.3) is 0 Å². The molecule has 76 heavy (non-hydrogen) atoms. The van der Waals surface area contributed by atoms with Crippen molar-refractivity contribution >= 4 is 0 Å². The molecule has 7 aliphatic rings. The fourth-order valence-electron chi connectivity index (χ4n) is 11.4. The molecule has 0 radical (unpaired) electrons. The molecule has 0 N–H and O–H groups in total. The molecule has 0 aliphatic carbocycles. The van der Waals surface area contributed by atoms with Crippen LogP contribution in [0.4, 0.5) is 0 Å². The third kappa shape index (κ3) is 12.4. The molecule has 8 rings (SSSR count). The zero-order valence-electron chi connectivity index (χ0n) is 45.1. The maximum absolute atomic E-state index is 9.36. The van der Waals surface area contributed by atoms with Gasteiger partial charge in [0.15, 0.2) is 37.7 Å². The van der Waals surface area contributed by atoms with E-state index in [4.69, 9.17) is 114 Å². The molecule has 11 unspecified atom stereocenters. The van der Waals surface area contributed by atoms with Gasteiger partial charge in [-0.15, -0.1) is 0 Å². The van der Waals surface area contributed by atoms with Crippen LogP contribution in [0.15, 0.2) is 35.4 Å². The van der Waals surface area contributed by atoms with E-state index in [2.05, 4.69) is 10.0 Å². The van der Waals surface area contributed by atoms with Crippen LogP contribution in [-0.4, -0.2) is 272 Å². The van der Waals surface area contributed by atoms with Crippen LogP contribution in [0.1, 0.15) is 11.9 Å². The number of nitrogens with zero attached hydrogens (tertiary/aromatic N) is 3. The van der Waals surface area contributed by atoms with Crippen molar-refractivity contribution in [2.45, 2.75) is 160 Å². The van der Waals surface area contributed by atoms with Gasteiger partial charge in [-0.05, 0) is 5.53 Å². The second-order valence-electron chi connectivity index (χ2n) is 19.0. The first-order valence-electron chi connectivity index (χ1n) is 25.2. The van der Waals surface area contributed by atoms with Crippen molar-refractivity contribution in [3.05, 3.63) is 46.3 Å². The van der Waals surface area contributed by atoms with E-state index in [9.17, 15) is 5.53 Å². The molecule has 7 fully saturated rings. The molecule has 1 aromatic rings. The van der Waals surface area contributed by atoms with Crippen LogP contribution in [0.25, 0.3) is 10.4 Å². The van der Waals surface area contributed by atoms with Crippen molar-refractivity contribution in [3.8, 4) is 0 Å². The number of rotatable bonds is 25. The third-order valence-electron chi connectivity index (χ3n) is 15.0. The number of azide groups is 1. The SMILES string of the molecule is COCC1O[C@@H](O[C@H]2C(OC)C(OC)[C@@H](O[C@H]3C(OC)C(OC)[C@H](O[C@H]4C5CO[C@H](O5)C(N=[N+]=[N-])[C@@H]4OC)O[C@H]3COC)O[C@H]2COC)[C@@H](OC)C(OC)[C@@H]1O[C@@H]1OC2COC(c3ccccc3)O[C@H]2C(OC)[C@@H]1OC. The molecule has 0 aromatic heterocycles. The Balaban J connectivity index is 0.993. The summed E-state index contributed by atoms with van der Waals surface area (Å²) in [5.41, 5.74) is 10.2. The Morgan fingerprint density at radius 2 is 0.842 bits per heavy atom. The lowest BCUT2D eigenvalue weighted by atomic mass is 9.94. The molecule has 27 heteroatoms. The standard InChI is InChI=1S/C49H77N3O24/c1-53-18-24-31(36(57-5)40(61-9)46(68-24)73-30-27-22-66-45(67-27)29(51-52-50)35(30)56-4)74-47-41(62-10)37(58-6)32(25(69-47)19-54-2)75-48-42(63-11)38(59-7)33(26(70-48)20-55-3)76-49-43(64-12)39(60-8)34-28(71-49)21-65-44(72-34)23-16-14-13-15-17-23/h13-17,24-49H,18-22H2,1-12H3/t24-,25-,26?,27?,28?,29?,30-,31+,32+,33+,34+,35-,36?,37?,38?,39?,40?,41?,42-,43-,44?,45+,46-,47+,48-,49-/m0/s1. The number of fused-ring (bicyclic) bond motifs is 3. The number of hydrogen-bond acceptors (Lipinski definition) is 25. The largest absolute Gasteiger partial charge is 0.382 e. The van der Waals surface area contributed by atoms with Crippen molar-refractivity contribution in [3.63, 3.8) is 0 Å². The molecule has 26 atom stereocenters. The van der Waals surface area contributed by atoms with Crippen LogP contribution < -0.4 is 0 Å².